The molecule has 0 radical (unpaired) electrons. The van der Waals surface area contributed by atoms with Gasteiger partial charge in [0.25, 0.3) is 0 Å². The number of benzene rings is 3. The SMILES string of the molecule is CCCCCOc1ccc(-c2cc(-c3ccc(C(=O)O)cc3)no2)cc1.c1ccc2n[nH]nc2c1. The number of para-hydroxylation sites is 2. The van der Waals surface area contributed by atoms with E-state index >= 15 is 0 Å². The summed E-state index contributed by atoms with van der Waals surface area (Å²) in [4.78, 5) is 10.9. The Balaban J connectivity index is 0.000000266. The molecule has 0 fully saturated rings. The number of aromatic carboxylic acids is 1. The summed E-state index contributed by atoms with van der Waals surface area (Å²) in [6, 6.07) is 23.8. The zero-order chi connectivity index (χ0) is 24.5. The average Bonchev–Trinajstić information content (AvgIpc) is 3.58. The summed E-state index contributed by atoms with van der Waals surface area (Å²) in [6.07, 6.45) is 3.41. The van der Waals surface area contributed by atoms with E-state index in [2.05, 4.69) is 27.5 Å². The molecule has 0 saturated heterocycles. The molecule has 0 aliphatic heterocycles. The summed E-state index contributed by atoms with van der Waals surface area (Å²) in [6.45, 7) is 2.90. The van der Waals surface area contributed by atoms with E-state index in [9.17, 15) is 4.79 Å². The van der Waals surface area contributed by atoms with Crippen LogP contribution in [-0.4, -0.2) is 38.3 Å². The van der Waals surface area contributed by atoms with E-state index in [1.54, 1.807) is 24.3 Å². The van der Waals surface area contributed by atoms with Gasteiger partial charge in [0.05, 0.1) is 12.2 Å². The van der Waals surface area contributed by atoms with Crippen molar-refractivity contribution in [3.63, 3.8) is 0 Å². The van der Waals surface area contributed by atoms with Gasteiger partial charge in [0.1, 0.15) is 22.5 Å². The van der Waals surface area contributed by atoms with Gasteiger partial charge in [0.2, 0.25) is 0 Å². The lowest BCUT2D eigenvalue weighted by Gasteiger charge is -2.05. The van der Waals surface area contributed by atoms with Crippen LogP contribution in [0.5, 0.6) is 5.75 Å². The van der Waals surface area contributed by atoms with Crippen molar-refractivity contribution in [3.8, 4) is 28.3 Å². The van der Waals surface area contributed by atoms with Crippen LogP contribution in [0.1, 0.15) is 36.5 Å². The third kappa shape index (κ3) is 6.32. The molecule has 0 amide bonds. The Morgan fingerprint density at radius 2 is 1.57 bits per heavy atom. The fraction of sp³-hybridized carbons (Fsp3) is 0.185. The lowest BCUT2D eigenvalue weighted by molar-refractivity contribution is 0.0697. The molecule has 0 aliphatic rings. The predicted octanol–water partition coefficient (Wildman–Crippen LogP) is 6.23. The summed E-state index contributed by atoms with van der Waals surface area (Å²) in [5.74, 6) is 0.545. The highest BCUT2D eigenvalue weighted by molar-refractivity contribution is 5.88. The number of carboxylic acids is 1. The number of hydrogen-bond donors (Lipinski definition) is 2. The van der Waals surface area contributed by atoms with Gasteiger partial charge in [-0.3, -0.25) is 0 Å². The van der Waals surface area contributed by atoms with Crippen LogP contribution < -0.4 is 4.74 Å². The molecule has 0 aliphatic carbocycles. The second-order valence-electron chi connectivity index (χ2n) is 7.85. The molecule has 3 aromatic carbocycles. The minimum Gasteiger partial charge on any atom is -0.494 e. The first-order chi connectivity index (χ1) is 17.1. The number of H-pyrrole nitrogens is 1. The monoisotopic (exact) mass is 470 g/mol. The smallest absolute Gasteiger partial charge is 0.335 e. The molecule has 0 unspecified atom stereocenters. The highest BCUT2D eigenvalue weighted by Gasteiger charge is 2.10. The quantitative estimate of drug-likeness (QED) is 0.258. The van der Waals surface area contributed by atoms with E-state index < -0.39 is 5.97 Å². The molecular formula is C27H26N4O4. The number of aromatic nitrogens is 4. The summed E-state index contributed by atoms with van der Waals surface area (Å²) >= 11 is 0. The molecule has 2 heterocycles. The van der Waals surface area contributed by atoms with Crippen LogP contribution in [-0.2, 0) is 0 Å². The molecule has 5 rings (SSSR count). The number of fused-ring (bicyclic) bond motifs is 1. The molecule has 2 aromatic heterocycles. The number of hydrogen-bond acceptors (Lipinski definition) is 6. The molecule has 0 atom stereocenters. The van der Waals surface area contributed by atoms with Crippen molar-refractivity contribution in [3.05, 3.63) is 84.4 Å². The first-order valence-electron chi connectivity index (χ1n) is 11.4. The van der Waals surface area contributed by atoms with Crippen molar-refractivity contribution < 1.29 is 19.2 Å². The third-order valence-electron chi connectivity index (χ3n) is 5.32. The molecule has 0 saturated carbocycles. The van der Waals surface area contributed by atoms with Crippen molar-refractivity contribution in [2.45, 2.75) is 26.2 Å². The maximum atomic E-state index is 10.9. The van der Waals surface area contributed by atoms with E-state index in [0.717, 1.165) is 40.9 Å². The third-order valence-corrected chi connectivity index (χ3v) is 5.32. The summed E-state index contributed by atoms with van der Waals surface area (Å²) in [5, 5.41) is 23.3. The van der Waals surface area contributed by atoms with Crippen LogP contribution in [0.3, 0.4) is 0 Å². The number of rotatable bonds is 8. The molecule has 178 valence electrons. The van der Waals surface area contributed by atoms with Gasteiger partial charge in [0, 0.05) is 17.2 Å². The maximum absolute atomic E-state index is 10.9. The summed E-state index contributed by atoms with van der Waals surface area (Å²) in [5.41, 5.74) is 4.45. The summed E-state index contributed by atoms with van der Waals surface area (Å²) < 4.78 is 11.1. The lowest BCUT2D eigenvalue weighted by Crippen LogP contribution is -1.96. The van der Waals surface area contributed by atoms with Gasteiger partial charge in [-0.15, -0.1) is 0 Å². The molecule has 2 N–H and O–H groups in total. The van der Waals surface area contributed by atoms with E-state index in [1.807, 2.05) is 54.6 Å². The minimum absolute atomic E-state index is 0.243. The standard InChI is InChI=1S/C21H21NO4.C6H5N3/c1-2-3-4-13-25-18-11-9-16(10-12-18)20-14-19(22-26-20)15-5-7-17(8-6-15)21(23)24;1-2-4-6-5(3-1)7-9-8-6/h5-12,14H,2-4,13H2,1H3,(H,23,24);1-4H,(H,7,8,9). The Hall–Kier alpha value is -4.46. The van der Waals surface area contributed by atoms with Crippen molar-refractivity contribution in [2.75, 3.05) is 6.61 Å². The largest absolute Gasteiger partial charge is 0.494 e. The normalized spacial score (nSPS) is 10.5. The van der Waals surface area contributed by atoms with Gasteiger partial charge in [-0.2, -0.15) is 15.4 Å². The zero-order valence-corrected chi connectivity index (χ0v) is 19.3. The molecule has 35 heavy (non-hydrogen) atoms. The fourth-order valence-corrected chi connectivity index (χ4v) is 3.37. The average molecular weight is 471 g/mol. The van der Waals surface area contributed by atoms with Gasteiger partial charge in [0.15, 0.2) is 5.76 Å². The number of carboxylic acid groups (broad SMARTS) is 1. The summed E-state index contributed by atoms with van der Waals surface area (Å²) in [7, 11) is 0. The fourth-order valence-electron chi connectivity index (χ4n) is 3.37. The van der Waals surface area contributed by atoms with Gasteiger partial charge in [-0.1, -0.05) is 49.2 Å². The number of aromatic amines is 1. The van der Waals surface area contributed by atoms with Crippen molar-refractivity contribution in [1.29, 1.82) is 0 Å². The molecular weight excluding hydrogens is 444 g/mol. The minimum atomic E-state index is -0.950. The van der Waals surface area contributed by atoms with E-state index in [1.165, 1.54) is 12.8 Å². The predicted molar refractivity (Wildman–Crippen MR) is 133 cm³/mol. The lowest BCUT2D eigenvalue weighted by atomic mass is 10.1. The van der Waals surface area contributed by atoms with Crippen molar-refractivity contribution >= 4 is 17.0 Å². The number of nitrogens with one attached hydrogen (secondary N) is 1. The van der Waals surface area contributed by atoms with Crippen LogP contribution >= 0.6 is 0 Å². The Morgan fingerprint density at radius 3 is 2.20 bits per heavy atom. The zero-order valence-electron chi connectivity index (χ0n) is 19.3. The van der Waals surface area contributed by atoms with Crippen LogP contribution in [0.2, 0.25) is 0 Å². The molecule has 5 aromatic rings. The number of carbonyl (C=O) groups is 1. The number of nitrogens with zero attached hydrogens (tertiary/aromatic N) is 3. The highest BCUT2D eigenvalue weighted by Crippen LogP contribution is 2.27. The van der Waals surface area contributed by atoms with Crippen LogP contribution in [0.15, 0.2) is 83.4 Å². The van der Waals surface area contributed by atoms with Crippen LogP contribution in [0.25, 0.3) is 33.6 Å². The Labute approximate surface area is 202 Å². The first-order valence-corrected chi connectivity index (χ1v) is 11.4. The molecule has 0 spiro atoms. The number of ether oxygens (including phenoxy) is 1. The Kier molecular flexibility index (Phi) is 7.85. The van der Waals surface area contributed by atoms with Crippen molar-refractivity contribution in [2.24, 2.45) is 0 Å². The van der Waals surface area contributed by atoms with Crippen LogP contribution in [0.4, 0.5) is 0 Å². The van der Waals surface area contributed by atoms with Gasteiger partial charge in [-0.25, -0.2) is 4.79 Å². The van der Waals surface area contributed by atoms with Crippen molar-refractivity contribution in [1.82, 2.24) is 20.6 Å². The maximum Gasteiger partial charge on any atom is 0.335 e. The molecule has 0 bridgehead atoms. The first kappa shape index (κ1) is 23.7. The topological polar surface area (TPSA) is 114 Å². The molecule has 8 nitrogen and oxygen atoms in total. The highest BCUT2D eigenvalue weighted by atomic mass is 16.5. The Bertz CT molecular complexity index is 1330. The van der Waals surface area contributed by atoms with Gasteiger partial charge < -0.3 is 14.4 Å². The molecule has 8 heteroatoms. The second kappa shape index (κ2) is 11.6. The number of unbranched alkanes of at least 4 members (excludes halogenated alkanes) is 2. The van der Waals surface area contributed by atoms with Crippen LogP contribution in [0, 0.1) is 0 Å². The van der Waals surface area contributed by atoms with Gasteiger partial charge in [-0.05, 0) is 55.0 Å². The van der Waals surface area contributed by atoms with Gasteiger partial charge >= 0.3 is 5.97 Å². The van der Waals surface area contributed by atoms with E-state index in [-0.39, 0.29) is 5.56 Å². The Morgan fingerprint density at radius 1 is 0.914 bits per heavy atom. The van der Waals surface area contributed by atoms with E-state index in [4.69, 9.17) is 14.4 Å². The van der Waals surface area contributed by atoms with E-state index in [0.29, 0.717) is 11.5 Å². The second-order valence-corrected chi connectivity index (χ2v) is 7.85.